The van der Waals surface area contributed by atoms with Gasteiger partial charge in [0.25, 0.3) is 5.91 Å². The molecule has 0 aromatic rings. The second kappa shape index (κ2) is 7.19. The largest absolute Gasteiger partial charge is 0.368 e. The average Bonchev–Trinajstić information content (AvgIpc) is 2.39. The Bertz CT molecular complexity index is 239. The maximum atomic E-state index is 12.2. The predicted molar refractivity (Wildman–Crippen MR) is 69.5 cm³/mol. The Hall–Kier alpha value is -0.320. The molecule has 2 fully saturated rings. The molecule has 5 heteroatoms. The van der Waals surface area contributed by atoms with Crippen molar-refractivity contribution in [3.8, 4) is 0 Å². The number of nitrogens with zero attached hydrogens (tertiary/aromatic N) is 1. The lowest BCUT2D eigenvalue weighted by Crippen LogP contribution is -2.48. The first-order valence-electron chi connectivity index (χ1n) is 6.38. The van der Waals surface area contributed by atoms with Gasteiger partial charge in [0.05, 0.1) is 0 Å². The summed E-state index contributed by atoms with van der Waals surface area (Å²) in [6.45, 7) is 2.79. The Morgan fingerprint density at radius 1 is 1.24 bits per heavy atom. The minimum Gasteiger partial charge on any atom is -0.368 e. The molecule has 4 nitrogen and oxygen atoms in total. The van der Waals surface area contributed by atoms with E-state index in [1.54, 1.807) is 0 Å². The molecule has 100 valence electrons. The maximum Gasteiger partial charge on any atom is 0.251 e. The van der Waals surface area contributed by atoms with Gasteiger partial charge in [-0.3, -0.25) is 4.79 Å². The normalized spacial score (nSPS) is 26.1. The van der Waals surface area contributed by atoms with E-state index < -0.39 is 0 Å². The standard InChI is InChI=1S/C12H22N2O2.ClH/c1-14(10-5-7-13-8-6-10)12(15)11-4-2-3-9-16-11;/h10-11,13H,2-9H2,1H3;1H. The molecule has 17 heavy (non-hydrogen) atoms. The SMILES string of the molecule is CN(C(=O)C1CCCCO1)C1CCNCC1.Cl. The van der Waals surface area contributed by atoms with Gasteiger partial charge in [-0.1, -0.05) is 0 Å². The van der Waals surface area contributed by atoms with E-state index in [4.69, 9.17) is 4.74 Å². The lowest BCUT2D eigenvalue weighted by atomic mass is 10.0. The van der Waals surface area contributed by atoms with E-state index in [9.17, 15) is 4.79 Å². The van der Waals surface area contributed by atoms with Gasteiger partial charge in [0.15, 0.2) is 0 Å². The summed E-state index contributed by atoms with van der Waals surface area (Å²) in [7, 11) is 1.93. The molecule has 0 spiro atoms. The summed E-state index contributed by atoms with van der Waals surface area (Å²) in [6, 6.07) is 0.402. The number of rotatable bonds is 2. The van der Waals surface area contributed by atoms with E-state index in [0.717, 1.165) is 51.8 Å². The van der Waals surface area contributed by atoms with Crippen molar-refractivity contribution in [2.75, 3.05) is 26.7 Å². The average molecular weight is 263 g/mol. The minimum atomic E-state index is -0.173. The van der Waals surface area contributed by atoms with Gasteiger partial charge < -0.3 is 15.0 Å². The van der Waals surface area contributed by atoms with E-state index in [2.05, 4.69) is 5.32 Å². The van der Waals surface area contributed by atoms with Crippen molar-refractivity contribution in [1.82, 2.24) is 10.2 Å². The van der Waals surface area contributed by atoms with Crippen LogP contribution in [0.25, 0.3) is 0 Å². The summed E-state index contributed by atoms with van der Waals surface area (Å²) in [5, 5.41) is 3.32. The summed E-state index contributed by atoms with van der Waals surface area (Å²) >= 11 is 0. The van der Waals surface area contributed by atoms with Crippen LogP contribution >= 0.6 is 12.4 Å². The Kier molecular flexibility index (Phi) is 6.23. The molecule has 2 saturated heterocycles. The Labute approximate surface area is 109 Å². The highest BCUT2D eigenvalue weighted by molar-refractivity contribution is 5.85. The minimum absolute atomic E-state index is 0. The Morgan fingerprint density at radius 2 is 1.94 bits per heavy atom. The molecule has 0 aromatic carbocycles. The van der Waals surface area contributed by atoms with Crippen molar-refractivity contribution in [2.45, 2.75) is 44.2 Å². The molecule has 1 unspecified atom stereocenters. The maximum absolute atomic E-state index is 12.2. The van der Waals surface area contributed by atoms with Gasteiger partial charge in [0, 0.05) is 19.7 Å². The third-order valence-electron chi connectivity index (χ3n) is 3.66. The number of halogens is 1. The van der Waals surface area contributed by atoms with Gasteiger partial charge in [-0.25, -0.2) is 0 Å². The lowest BCUT2D eigenvalue weighted by Gasteiger charge is -2.34. The number of nitrogens with one attached hydrogen (secondary N) is 1. The van der Waals surface area contributed by atoms with Gasteiger partial charge in [-0.05, 0) is 45.2 Å². The zero-order chi connectivity index (χ0) is 11.4. The van der Waals surface area contributed by atoms with E-state index in [-0.39, 0.29) is 24.4 Å². The number of hydrogen-bond acceptors (Lipinski definition) is 3. The molecule has 0 radical (unpaired) electrons. The number of carbonyl (C=O) groups excluding carboxylic acids is 1. The first-order valence-corrected chi connectivity index (χ1v) is 6.38. The third-order valence-corrected chi connectivity index (χ3v) is 3.66. The van der Waals surface area contributed by atoms with Crippen molar-refractivity contribution in [1.29, 1.82) is 0 Å². The van der Waals surface area contributed by atoms with Gasteiger partial charge in [0.1, 0.15) is 6.10 Å². The summed E-state index contributed by atoms with van der Waals surface area (Å²) in [5.41, 5.74) is 0. The van der Waals surface area contributed by atoms with Crippen LogP contribution in [-0.2, 0) is 9.53 Å². The number of amides is 1. The van der Waals surface area contributed by atoms with Gasteiger partial charge in [-0.15, -0.1) is 12.4 Å². The monoisotopic (exact) mass is 262 g/mol. The van der Waals surface area contributed by atoms with Crippen LogP contribution < -0.4 is 5.32 Å². The lowest BCUT2D eigenvalue weighted by molar-refractivity contribution is -0.147. The van der Waals surface area contributed by atoms with Crippen LogP contribution in [0.1, 0.15) is 32.1 Å². The molecule has 2 aliphatic rings. The van der Waals surface area contributed by atoms with E-state index in [0.29, 0.717) is 6.04 Å². The molecular weight excluding hydrogens is 240 g/mol. The molecule has 0 aliphatic carbocycles. The highest BCUT2D eigenvalue weighted by Gasteiger charge is 2.29. The van der Waals surface area contributed by atoms with Gasteiger partial charge in [0.2, 0.25) is 0 Å². The first kappa shape index (κ1) is 14.7. The predicted octanol–water partition coefficient (Wildman–Crippen LogP) is 1.19. The summed E-state index contributed by atoms with van der Waals surface area (Å²) < 4.78 is 5.54. The summed E-state index contributed by atoms with van der Waals surface area (Å²) in [6.07, 6.45) is 5.07. The molecule has 2 heterocycles. The fourth-order valence-electron chi connectivity index (χ4n) is 2.54. The molecule has 1 amide bonds. The van der Waals surface area contributed by atoms with E-state index in [1.807, 2.05) is 11.9 Å². The zero-order valence-corrected chi connectivity index (χ0v) is 11.3. The molecule has 0 aromatic heterocycles. The highest BCUT2D eigenvalue weighted by atomic mass is 35.5. The smallest absolute Gasteiger partial charge is 0.251 e. The molecular formula is C12H23ClN2O2. The fraction of sp³-hybridized carbons (Fsp3) is 0.917. The molecule has 2 rings (SSSR count). The second-order valence-electron chi connectivity index (χ2n) is 4.79. The number of carbonyl (C=O) groups is 1. The third kappa shape index (κ3) is 3.83. The van der Waals surface area contributed by atoms with Gasteiger partial charge in [-0.2, -0.15) is 0 Å². The fourth-order valence-corrected chi connectivity index (χ4v) is 2.54. The summed E-state index contributed by atoms with van der Waals surface area (Å²) in [5.74, 6) is 0.187. The first-order chi connectivity index (χ1) is 7.79. The summed E-state index contributed by atoms with van der Waals surface area (Å²) in [4.78, 5) is 14.1. The van der Waals surface area contributed by atoms with Crippen LogP contribution in [0.3, 0.4) is 0 Å². The van der Waals surface area contributed by atoms with Crippen LogP contribution in [0, 0.1) is 0 Å². The van der Waals surface area contributed by atoms with Crippen molar-refractivity contribution >= 4 is 18.3 Å². The molecule has 0 bridgehead atoms. The molecule has 0 saturated carbocycles. The molecule has 1 N–H and O–H groups in total. The number of ether oxygens (including phenoxy) is 1. The number of likely N-dealkylation sites (N-methyl/N-ethyl adjacent to an activating group) is 1. The van der Waals surface area contributed by atoms with Crippen LogP contribution in [-0.4, -0.2) is 49.7 Å². The zero-order valence-electron chi connectivity index (χ0n) is 10.5. The van der Waals surface area contributed by atoms with Gasteiger partial charge >= 0.3 is 0 Å². The number of piperidine rings is 1. The molecule has 2 aliphatic heterocycles. The van der Waals surface area contributed by atoms with Crippen molar-refractivity contribution in [3.05, 3.63) is 0 Å². The van der Waals surface area contributed by atoms with E-state index >= 15 is 0 Å². The van der Waals surface area contributed by atoms with Crippen molar-refractivity contribution in [3.63, 3.8) is 0 Å². The van der Waals surface area contributed by atoms with Crippen LogP contribution in [0.2, 0.25) is 0 Å². The molecule has 1 atom stereocenters. The van der Waals surface area contributed by atoms with Crippen molar-refractivity contribution < 1.29 is 9.53 Å². The topological polar surface area (TPSA) is 41.6 Å². The highest BCUT2D eigenvalue weighted by Crippen LogP contribution is 2.18. The number of hydrogen-bond donors (Lipinski definition) is 1. The van der Waals surface area contributed by atoms with E-state index in [1.165, 1.54) is 0 Å². The Balaban J connectivity index is 0.00000144. The Morgan fingerprint density at radius 3 is 2.53 bits per heavy atom. The van der Waals surface area contributed by atoms with Crippen LogP contribution in [0.15, 0.2) is 0 Å². The van der Waals surface area contributed by atoms with Crippen LogP contribution in [0.5, 0.6) is 0 Å². The quantitative estimate of drug-likeness (QED) is 0.813. The van der Waals surface area contributed by atoms with Crippen LogP contribution in [0.4, 0.5) is 0 Å². The van der Waals surface area contributed by atoms with Crippen molar-refractivity contribution in [2.24, 2.45) is 0 Å². The second-order valence-corrected chi connectivity index (χ2v) is 4.79.